The molecule has 0 saturated heterocycles. The number of aromatic nitrogens is 2. The van der Waals surface area contributed by atoms with Crippen LogP contribution >= 0.6 is 0 Å². The van der Waals surface area contributed by atoms with Crippen LogP contribution in [-0.4, -0.2) is 23.0 Å². The number of carbonyl (C=O) groups is 1. The molecule has 0 radical (unpaired) electrons. The number of rotatable bonds is 5. The first-order valence-corrected chi connectivity index (χ1v) is 8.15. The van der Waals surface area contributed by atoms with E-state index in [1.807, 2.05) is 13.0 Å². The van der Waals surface area contributed by atoms with Gasteiger partial charge in [0.15, 0.2) is 0 Å². The fourth-order valence-electron chi connectivity index (χ4n) is 2.44. The summed E-state index contributed by atoms with van der Waals surface area (Å²) in [5, 5.41) is 15.2. The Balaban J connectivity index is 1.81. The van der Waals surface area contributed by atoms with Crippen molar-refractivity contribution in [1.29, 1.82) is 5.26 Å². The Kier molecular flexibility index (Phi) is 5.28. The van der Waals surface area contributed by atoms with Gasteiger partial charge in [0.25, 0.3) is 0 Å². The number of carbonyl (C=O) groups excluding carboxylic acids is 1. The zero-order valence-corrected chi connectivity index (χ0v) is 14.9. The number of nitriles is 1. The lowest BCUT2D eigenvalue weighted by atomic mass is 10.2. The molecule has 0 aliphatic rings. The lowest BCUT2D eigenvalue weighted by Crippen LogP contribution is -2.04. The number of esters is 1. The predicted octanol–water partition coefficient (Wildman–Crippen LogP) is 3.93. The highest BCUT2D eigenvalue weighted by Crippen LogP contribution is 2.20. The second-order valence-electron chi connectivity index (χ2n) is 5.73. The third kappa shape index (κ3) is 4.58. The van der Waals surface area contributed by atoms with E-state index in [1.54, 1.807) is 48.5 Å². The average molecular weight is 359 g/mol. The first kappa shape index (κ1) is 17.9. The van der Waals surface area contributed by atoms with Crippen molar-refractivity contribution in [2.45, 2.75) is 6.92 Å². The van der Waals surface area contributed by atoms with Gasteiger partial charge in [-0.3, -0.25) is 0 Å². The molecule has 0 aliphatic carbocycles. The number of anilines is 4. The largest absolute Gasteiger partial charge is 0.465 e. The summed E-state index contributed by atoms with van der Waals surface area (Å²) in [6, 6.07) is 17.9. The molecule has 3 rings (SSSR count). The predicted molar refractivity (Wildman–Crippen MR) is 102 cm³/mol. The topological polar surface area (TPSA) is 99.9 Å². The summed E-state index contributed by atoms with van der Waals surface area (Å²) in [7, 11) is 1.34. The minimum atomic E-state index is -0.402. The molecule has 0 amide bonds. The maximum Gasteiger partial charge on any atom is 0.337 e. The number of aryl methyl sites for hydroxylation is 1. The van der Waals surface area contributed by atoms with Gasteiger partial charge in [0, 0.05) is 23.1 Å². The molecule has 0 fully saturated rings. The number of nitrogens with zero attached hydrogens (tertiary/aromatic N) is 3. The molecule has 0 bridgehead atoms. The fraction of sp³-hybridized carbons (Fsp3) is 0.100. The van der Waals surface area contributed by atoms with E-state index < -0.39 is 5.97 Å². The van der Waals surface area contributed by atoms with Gasteiger partial charge in [0.2, 0.25) is 5.95 Å². The summed E-state index contributed by atoms with van der Waals surface area (Å²) < 4.78 is 4.74. The van der Waals surface area contributed by atoms with Crippen molar-refractivity contribution in [2.75, 3.05) is 17.7 Å². The standard InChI is InChI=1S/C20H17N5O2/c1-13-10-18(23-17-5-3-4-15(11-17)19(26)27-2)25-20(22-13)24-16-8-6-14(12-21)7-9-16/h3-11H,1-2H3,(H2,22,23,24,25). The Morgan fingerprint density at radius 3 is 2.52 bits per heavy atom. The lowest BCUT2D eigenvalue weighted by molar-refractivity contribution is 0.0601. The van der Waals surface area contributed by atoms with Gasteiger partial charge in [-0.1, -0.05) is 6.07 Å². The van der Waals surface area contributed by atoms with E-state index in [0.717, 1.165) is 11.4 Å². The number of methoxy groups -OCH3 is 1. The second kappa shape index (κ2) is 7.97. The van der Waals surface area contributed by atoms with Crippen LogP contribution in [0.4, 0.5) is 23.1 Å². The summed E-state index contributed by atoms with van der Waals surface area (Å²) in [6.07, 6.45) is 0. The normalized spacial score (nSPS) is 9.96. The molecule has 2 aromatic carbocycles. The van der Waals surface area contributed by atoms with E-state index in [1.165, 1.54) is 7.11 Å². The van der Waals surface area contributed by atoms with Crippen molar-refractivity contribution in [3.05, 3.63) is 71.4 Å². The molecule has 2 N–H and O–H groups in total. The molecular formula is C20H17N5O2. The summed E-state index contributed by atoms with van der Waals surface area (Å²) in [6.45, 7) is 1.86. The molecule has 1 heterocycles. The molecule has 7 heteroatoms. The summed E-state index contributed by atoms with van der Waals surface area (Å²) in [5.74, 6) is 0.604. The number of nitrogens with one attached hydrogen (secondary N) is 2. The van der Waals surface area contributed by atoms with Crippen LogP contribution in [0.3, 0.4) is 0 Å². The van der Waals surface area contributed by atoms with Gasteiger partial charge in [-0.25, -0.2) is 9.78 Å². The Labute approximate surface area is 156 Å². The van der Waals surface area contributed by atoms with Gasteiger partial charge in [-0.15, -0.1) is 0 Å². The number of hydrogen-bond donors (Lipinski definition) is 2. The molecule has 0 saturated carbocycles. The van der Waals surface area contributed by atoms with E-state index in [4.69, 9.17) is 10.00 Å². The summed E-state index contributed by atoms with van der Waals surface area (Å²) >= 11 is 0. The quantitative estimate of drug-likeness (QED) is 0.666. The molecule has 0 unspecified atom stereocenters. The van der Waals surface area contributed by atoms with Crippen LogP contribution in [0.1, 0.15) is 21.6 Å². The van der Waals surface area contributed by atoms with Crippen LogP contribution in [0.5, 0.6) is 0 Å². The average Bonchev–Trinajstić information content (AvgIpc) is 2.67. The van der Waals surface area contributed by atoms with E-state index >= 15 is 0 Å². The van der Waals surface area contributed by atoms with Crippen LogP contribution in [0.25, 0.3) is 0 Å². The van der Waals surface area contributed by atoms with Crippen LogP contribution in [-0.2, 0) is 4.74 Å². The van der Waals surface area contributed by atoms with Crippen molar-refractivity contribution >= 4 is 29.1 Å². The van der Waals surface area contributed by atoms with Crippen molar-refractivity contribution < 1.29 is 9.53 Å². The third-order valence-corrected chi connectivity index (χ3v) is 3.68. The lowest BCUT2D eigenvalue weighted by Gasteiger charge is -2.11. The Morgan fingerprint density at radius 2 is 1.81 bits per heavy atom. The van der Waals surface area contributed by atoms with Crippen LogP contribution in [0, 0.1) is 18.3 Å². The summed E-state index contributed by atoms with van der Waals surface area (Å²) in [5.41, 5.74) is 3.29. The molecule has 1 aromatic heterocycles. The molecule has 7 nitrogen and oxygen atoms in total. The molecule has 0 aliphatic heterocycles. The maximum absolute atomic E-state index is 11.7. The molecular weight excluding hydrogens is 342 g/mol. The Hall–Kier alpha value is -3.92. The first-order valence-electron chi connectivity index (χ1n) is 8.15. The smallest absolute Gasteiger partial charge is 0.337 e. The van der Waals surface area contributed by atoms with Crippen molar-refractivity contribution in [3.63, 3.8) is 0 Å². The SMILES string of the molecule is COC(=O)c1cccc(Nc2cc(C)nc(Nc3ccc(C#N)cc3)n2)c1. The zero-order chi connectivity index (χ0) is 19.2. The Morgan fingerprint density at radius 1 is 1.04 bits per heavy atom. The van der Waals surface area contributed by atoms with Crippen LogP contribution in [0.15, 0.2) is 54.6 Å². The van der Waals surface area contributed by atoms with E-state index in [2.05, 4.69) is 26.7 Å². The van der Waals surface area contributed by atoms with Crippen molar-refractivity contribution in [1.82, 2.24) is 9.97 Å². The van der Waals surface area contributed by atoms with Gasteiger partial charge in [0.05, 0.1) is 24.3 Å². The molecule has 0 atom stereocenters. The number of benzene rings is 2. The van der Waals surface area contributed by atoms with Gasteiger partial charge >= 0.3 is 5.97 Å². The van der Waals surface area contributed by atoms with Gasteiger partial charge in [0.1, 0.15) is 5.82 Å². The van der Waals surface area contributed by atoms with Gasteiger partial charge in [-0.2, -0.15) is 10.2 Å². The van der Waals surface area contributed by atoms with Crippen molar-refractivity contribution in [2.24, 2.45) is 0 Å². The Bertz CT molecular complexity index is 1010. The zero-order valence-electron chi connectivity index (χ0n) is 14.9. The number of hydrogen-bond acceptors (Lipinski definition) is 7. The fourth-order valence-corrected chi connectivity index (χ4v) is 2.44. The third-order valence-electron chi connectivity index (χ3n) is 3.68. The van der Waals surface area contributed by atoms with E-state index in [-0.39, 0.29) is 0 Å². The van der Waals surface area contributed by atoms with E-state index in [9.17, 15) is 4.79 Å². The van der Waals surface area contributed by atoms with E-state index in [0.29, 0.717) is 28.6 Å². The molecule has 0 spiro atoms. The van der Waals surface area contributed by atoms with Crippen LogP contribution < -0.4 is 10.6 Å². The first-order chi connectivity index (χ1) is 13.1. The minimum Gasteiger partial charge on any atom is -0.465 e. The van der Waals surface area contributed by atoms with Crippen molar-refractivity contribution in [3.8, 4) is 6.07 Å². The molecule has 27 heavy (non-hydrogen) atoms. The van der Waals surface area contributed by atoms with Gasteiger partial charge < -0.3 is 15.4 Å². The maximum atomic E-state index is 11.7. The molecule has 134 valence electrons. The van der Waals surface area contributed by atoms with Gasteiger partial charge in [-0.05, 0) is 49.4 Å². The minimum absolute atomic E-state index is 0.402. The second-order valence-corrected chi connectivity index (χ2v) is 5.73. The summed E-state index contributed by atoms with van der Waals surface area (Å²) in [4.78, 5) is 20.5. The highest BCUT2D eigenvalue weighted by Gasteiger charge is 2.08. The monoisotopic (exact) mass is 359 g/mol. The highest BCUT2D eigenvalue weighted by molar-refractivity contribution is 5.90. The van der Waals surface area contributed by atoms with Crippen LogP contribution in [0.2, 0.25) is 0 Å². The molecule has 3 aromatic rings. The number of ether oxygens (including phenoxy) is 1. The highest BCUT2D eigenvalue weighted by atomic mass is 16.5.